The van der Waals surface area contributed by atoms with Gasteiger partial charge in [-0.3, -0.25) is 0 Å². The number of amides is 1. The van der Waals surface area contributed by atoms with E-state index in [2.05, 4.69) is 0 Å². The maximum atomic E-state index is 12.0. The topological polar surface area (TPSA) is 82.1 Å². The first kappa shape index (κ1) is 21.7. The molecule has 0 aliphatic heterocycles. The first-order chi connectivity index (χ1) is 12.1. The summed E-state index contributed by atoms with van der Waals surface area (Å²) in [5, 5.41) is 0. The largest absolute Gasteiger partial charge is 0.466 e. The Bertz CT molecular complexity index is 600. The summed E-state index contributed by atoms with van der Waals surface area (Å²) in [4.78, 5) is 37.1. The Morgan fingerprint density at radius 3 is 2.31 bits per heavy atom. The van der Waals surface area contributed by atoms with Gasteiger partial charge in [-0.1, -0.05) is 6.08 Å². The molecule has 0 aromatic rings. The number of allylic oxidation sites excluding steroid dienone is 1. The van der Waals surface area contributed by atoms with E-state index in [4.69, 9.17) is 14.2 Å². The summed E-state index contributed by atoms with van der Waals surface area (Å²) < 4.78 is 14.8. The molecule has 1 rings (SSSR count). The molecule has 0 saturated carbocycles. The molecule has 0 N–H and O–H groups in total. The van der Waals surface area contributed by atoms with Crippen molar-refractivity contribution in [2.45, 2.75) is 45.6 Å². The van der Waals surface area contributed by atoms with Crippen molar-refractivity contribution in [2.24, 2.45) is 5.92 Å². The standard InChI is InChI=1S/C19H29NO6/c1-19(2,3)26-18(23)20(4)9-7-8-13-10-14(16(21)24-5)12-15(11-13)17(22)25-6/h10,12-13H,7-9,11H2,1-6H3. The van der Waals surface area contributed by atoms with Gasteiger partial charge in [0.1, 0.15) is 5.60 Å². The van der Waals surface area contributed by atoms with E-state index in [-0.39, 0.29) is 12.0 Å². The number of esters is 2. The van der Waals surface area contributed by atoms with Crippen LogP contribution in [0, 0.1) is 5.92 Å². The molecule has 0 aromatic heterocycles. The smallest absolute Gasteiger partial charge is 0.410 e. The summed E-state index contributed by atoms with van der Waals surface area (Å²) in [5.41, 5.74) is 0.262. The second kappa shape index (κ2) is 9.40. The fourth-order valence-electron chi connectivity index (χ4n) is 2.62. The fourth-order valence-corrected chi connectivity index (χ4v) is 2.62. The highest BCUT2D eigenvalue weighted by molar-refractivity contribution is 5.97. The Labute approximate surface area is 155 Å². The second-order valence-corrected chi connectivity index (χ2v) is 7.28. The highest BCUT2D eigenvalue weighted by atomic mass is 16.6. The van der Waals surface area contributed by atoms with E-state index in [1.807, 2.05) is 26.8 Å². The van der Waals surface area contributed by atoms with E-state index >= 15 is 0 Å². The third-order valence-corrected chi connectivity index (χ3v) is 3.87. The van der Waals surface area contributed by atoms with Gasteiger partial charge in [0.2, 0.25) is 0 Å². The molecule has 0 saturated heterocycles. The van der Waals surface area contributed by atoms with Crippen molar-refractivity contribution in [3.05, 3.63) is 23.3 Å². The summed E-state index contributed by atoms with van der Waals surface area (Å²) in [7, 11) is 4.29. The lowest BCUT2D eigenvalue weighted by Gasteiger charge is -2.25. The first-order valence-electron chi connectivity index (χ1n) is 8.60. The van der Waals surface area contributed by atoms with Crippen molar-refractivity contribution in [3.8, 4) is 0 Å². The van der Waals surface area contributed by atoms with Gasteiger partial charge in [-0.25, -0.2) is 14.4 Å². The molecule has 7 heteroatoms. The van der Waals surface area contributed by atoms with Gasteiger partial charge < -0.3 is 19.1 Å². The van der Waals surface area contributed by atoms with E-state index in [9.17, 15) is 14.4 Å². The van der Waals surface area contributed by atoms with E-state index in [1.54, 1.807) is 7.05 Å². The van der Waals surface area contributed by atoms with E-state index < -0.39 is 17.5 Å². The van der Waals surface area contributed by atoms with Crippen molar-refractivity contribution in [2.75, 3.05) is 27.8 Å². The summed E-state index contributed by atoms with van der Waals surface area (Å²) >= 11 is 0. The molecule has 0 bridgehead atoms. The van der Waals surface area contributed by atoms with Crippen molar-refractivity contribution < 1.29 is 28.6 Å². The van der Waals surface area contributed by atoms with Gasteiger partial charge in [-0.05, 0) is 52.0 Å². The molecule has 0 fully saturated rings. The third kappa shape index (κ3) is 6.90. The van der Waals surface area contributed by atoms with Gasteiger partial charge >= 0.3 is 18.0 Å². The minimum Gasteiger partial charge on any atom is -0.466 e. The average molecular weight is 367 g/mol. The molecular formula is C19H29NO6. The quantitative estimate of drug-likeness (QED) is 0.530. The van der Waals surface area contributed by atoms with Gasteiger partial charge in [-0.15, -0.1) is 0 Å². The lowest BCUT2D eigenvalue weighted by Crippen LogP contribution is -2.34. The van der Waals surface area contributed by atoms with Crippen LogP contribution in [0.4, 0.5) is 4.79 Å². The maximum Gasteiger partial charge on any atom is 0.410 e. The number of hydrogen-bond donors (Lipinski definition) is 0. The normalized spacial score (nSPS) is 16.9. The van der Waals surface area contributed by atoms with Crippen LogP contribution in [0.5, 0.6) is 0 Å². The molecule has 0 heterocycles. The van der Waals surface area contributed by atoms with Crippen molar-refractivity contribution in [3.63, 3.8) is 0 Å². The predicted molar refractivity (Wildman–Crippen MR) is 96.4 cm³/mol. The van der Waals surface area contributed by atoms with Crippen molar-refractivity contribution in [1.29, 1.82) is 0 Å². The monoisotopic (exact) mass is 367 g/mol. The van der Waals surface area contributed by atoms with Crippen LogP contribution < -0.4 is 0 Å². The van der Waals surface area contributed by atoms with Crippen LogP contribution >= 0.6 is 0 Å². The molecule has 7 nitrogen and oxygen atoms in total. The lowest BCUT2D eigenvalue weighted by molar-refractivity contribution is -0.136. The predicted octanol–water partition coefficient (Wildman–Crippen LogP) is 2.85. The van der Waals surface area contributed by atoms with Crippen LogP contribution in [0.1, 0.15) is 40.0 Å². The molecule has 0 radical (unpaired) electrons. The number of methoxy groups -OCH3 is 2. The van der Waals surface area contributed by atoms with Crippen LogP contribution in [0.2, 0.25) is 0 Å². The zero-order chi connectivity index (χ0) is 19.9. The Kier molecular flexibility index (Phi) is 7.86. The Balaban J connectivity index is 2.65. The number of rotatable bonds is 6. The number of carbonyl (C=O) groups excluding carboxylic acids is 3. The highest BCUT2D eigenvalue weighted by Gasteiger charge is 2.24. The maximum absolute atomic E-state index is 12.0. The molecule has 1 aliphatic carbocycles. The summed E-state index contributed by atoms with van der Waals surface area (Å²) in [6.45, 7) is 5.98. The van der Waals surface area contributed by atoms with Crippen LogP contribution in [0.25, 0.3) is 0 Å². The van der Waals surface area contributed by atoms with Gasteiger partial charge in [0.25, 0.3) is 0 Å². The molecule has 1 amide bonds. The van der Waals surface area contributed by atoms with Gasteiger partial charge in [0.15, 0.2) is 0 Å². The average Bonchev–Trinajstić information content (AvgIpc) is 2.58. The van der Waals surface area contributed by atoms with Crippen molar-refractivity contribution in [1.82, 2.24) is 4.90 Å². The van der Waals surface area contributed by atoms with Crippen LogP contribution in [0.3, 0.4) is 0 Å². The summed E-state index contributed by atoms with van der Waals surface area (Å²) in [6, 6.07) is 0. The number of carbonyl (C=O) groups is 3. The molecule has 1 unspecified atom stereocenters. The van der Waals surface area contributed by atoms with E-state index in [1.165, 1.54) is 25.2 Å². The SMILES string of the molecule is COC(=O)C1=CC(CCCN(C)C(=O)OC(C)(C)C)CC(C(=O)OC)=C1. The molecular weight excluding hydrogens is 338 g/mol. The van der Waals surface area contributed by atoms with E-state index in [0.717, 1.165) is 0 Å². The zero-order valence-corrected chi connectivity index (χ0v) is 16.5. The molecule has 1 aliphatic rings. The van der Waals surface area contributed by atoms with Crippen molar-refractivity contribution >= 4 is 18.0 Å². The van der Waals surface area contributed by atoms with Gasteiger partial charge in [0.05, 0.1) is 19.8 Å². The second-order valence-electron chi connectivity index (χ2n) is 7.28. The summed E-state index contributed by atoms with van der Waals surface area (Å²) in [6.07, 6.45) is 4.86. The Morgan fingerprint density at radius 1 is 1.15 bits per heavy atom. The van der Waals surface area contributed by atoms with Crippen LogP contribution in [-0.4, -0.2) is 56.3 Å². The Morgan fingerprint density at radius 2 is 1.77 bits per heavy atom. The lowest BCUT2D eigenvalue weighted by atomic mass is 9.87. The molecule has 26 heavy (non-hydrogen) atoms. The third-order valence-electron chi connectivity index (χ3n) is 3.87. The van der Waals surface area contributed by atoms with E-state index in [0.29, 0.717) is 37.0 Å². The minimum atomic E-state index is -0.535. The highest BCUT2D eigenvalue weighted by Crippen LogP contribution is 2.27. The van der Waals surface area contributed by atoms with Gasteiger partial charge in [0, 0.05) is 19.2 Å². The fraction of sp³-hybridized carbons (Fsp3) is 0.632. The first-order valence-corrected chi connectivity index (χ1v) is 8.60. The number of nitrogens with zero attached hydrogens (tertiary/aromatic N) is 1. The zero-order valence-electron chi connectivity index (χ0n) is 16.5. The van der Waals surface area contributed by atoms with Crippen LogP contribution in [-0.2, 0) is 23.8 Å². The molecule has 146 valence electrons. The Hall–Kier alpha value is -2.31. The molecule has 0 spiro atoms. The summed E-state index contributed by atoms with van der Waals surface area (Å²) in [5.74, 6) is -0.937. The molecule has 0 aromatic carbocycles. The minimum absolute atomic E-state index is 0.00441. The molecule has 1 atom stereocenters. The number of hydrogen-bond acceptors (Lipinski definition) is 6. The van der Waals surface area contributed by atoms with Crippen LogP contribution in [0.15, 0.2) is 23.3 Å². The number of ether oxygens (including phenoxy) is 3. The van der Waals surface area contributed by atoms with Gasteiger partial charge in [-0.2, -0.15) is 0 Å².